The Morgan fingerprint density at radius 1 is 1.40 bits per heavy atom. The van der Waals surface area contributed by atoms with Crippen molar-refractivity contribution in [2.45, 2.75) is 6.54 Å². The quantitative estimate of drug-likeness (QED) is 0.888. The summed E-state index contributed by atoms with van der Waals surface area (Å²) < 4.78 is 0. The maximum absolute atomic E-state index is 11.1. The molecule has 1 N–H and O–H groups in total. The van der Waals surface area contributed by atoms with Crippen LogP contribution >= 0.6 is 23.2 Å². The smallest absolute Gasteiger partial charge is 0.248 e. The first-order valence-electron chi connectivity index (χ1n) is 4.33. The molecule has 1 aromatic carbocycles. The highest BCUT2D eigenvalue weighted by Crippen LogP contribution is 2.23. The molecule has 82 valence electrons. The number of aliphatic hydroxyl groups excluding tert-OH is 1. The van der Waals surface area contributed by atoms with Gasteiger partial charge in [-0.15, -0.1) is 0 Å². The molecule has 0 spiro atoms. The minimum absolute atomic E-state index is 0.332. The third kappa shape index (κ3) is 3.38. The van der Waals surface area contributed by atoms with E-state index >= 15 is 0 Å². The molecule has 0 atom stereocenters. The van der Waals surface area contributed by atoms with Gasteiger partial charge >= 0.3 is 0 Å². The van der Waals surface area contributed by atoms with E-state index in [0.717, 1.165) is 5.56 Å². The average Bonchev–Trinajstić information content (AvgIpc) is 2.22. The molecule has 0 aliphatic heterocycles. The molecule has 15 heavy (non-hydrogen) atoms. The van der Waals surface area contributed by atoms with Crippen LogP contribution in [0.1, 0.15) is 5.56 Å². The van der Waals surface area contributed by atoms with Crippen molar-refractivity contribution in [1.82, 2.24) is 4.90 Å². The lowest BCUT2D eigenvalue weighted by molar-refractivity contribution is -0.133. The highest BCUT2D eigenvalue weighted by Gasteiger charge is 2.08. The largest absolute Gasteiger partial charge is 0.387 e. The minimum Gasteiger partial charge on any atom is -0.387 e. The Kier molecular flexibility index (Phi) is 4.39. The zero-order valence-electron chi connectivity index (χ0n) is 8.20. The third-order valence-corrected chi connectivity index (χ3v) is 2.70. The topological polar surface area (TPSA) is 40.5 Å². The first-order valence-corrected chi connectivity index (χ1v) is 5.09. The Bertz CT molecular complexity index is 368. The molecular formula is C10H11Cl2NO2. The molecule has 1 amide bonds. The van der Waals surface area contributed by atoms with Gasteiger partial charge in [0.2, 0.25) is 5.91 Å². The van der Waals surface area contributed by atoms with Crippen LogP contribution in [-0.2, 0) is 11.3 Å². The van der Waals surface area contributed by atoms with Gasteiger partial charge in [0.15, 0.2) is 0 Å². The lowest BCUT2D eigenvalue weighted by Crippen LogP contribution is -2.28. The number of aliphatic hydroxyl groups is 1. The van der Waals surface area contributed by atoms with Crippen LogP contribution in [0.4, 0.5) is 0 Å². The second kappa shape index (κ2) is 5.35. The SMILES string of the molecule is CN(Cc1ccc(Cl)c(Cl)c1)C(=O)CO. The van der Waals surface area contributed by atoms with Gasteiger partial charge in [-0.25, -0.2) is 0 Å². The van der Waals surface area contributed by atoms with Crippen molar-refractivity contribution < 1.29 is 9.90 Å². The molecule has 0 aliphatic rings. The fourth-order valence-corrected chi connectivity index (χ4v) is 1.44. The Labute approximate surface area is 98.2 Å². The third-order valence-electron chi connectivity index (χ3n) is 1.96. The molecular weight excluding hydrogens is 237 g/mol. The number of hydrogen-bond donors (Lipinski definition) is 1. The van der Waals surface area contributed by atoms with Gasteiger partial charge in [-0.1, -0.05) is 29.3 Å². The van der Waals surface area contributed by atoms with E-state index in [1.54, 1.807) is 25.2 Å². The van der Waals surface area contributed by atoms with Gasteiger partial charge in [0.05, 0.1) is 10.0 Å². The normalized spacial score (nSPS) is 10.1. The first kappa shape index (κ1) is 12.3. The predicted molar refractivity (Wildman–Crippen MR) is 60.0 cm³/mol. The average molecular weight is 248 g/mol. The monoisotopic (exact) mass is 247 g/mol. The molecule has 0 saturated heterocycles. The number of benzene rings is 1. The van der Waals surface area contributed by atoms with Crippen molar-refractivity contribution in [3.05, 3.63) is 33.8 Å². The number of amides is 1. The van der Waals surface area contributed by atoms with Crippen LogP contribution in [0.25, 0.3) is 0 Å². The molecule has 0 saturated carbocycles. The van der Waals surface area contributed by atoms with E-state index in [2.05, 4.69) is 0 Å². The van der Waals surface area contributed by atoms with Gasteiger partial charge < -0.3 is 10.0 Å². The van der Waals surface area contributed by atoms with E-state index in [0.29, 0.717) is 16.6 Å². The van der Waals surface area contributed by atoms with Gasteiger partial charge in [0.25, 0.3) is 0 Å². The number of halogens is 2. The molecule has 5 heteroatoms. The minimum atomic E-state index is -0.488. The summed E-state index contributed by atoms with van der Waals surface area (Å²) in [6.45, 7) is -0.0892. The zero-order chi connectivity index (χ0) is 11.4. The second-order valence-corrected chi connectivity index (χ2v) is 3.97. The van der Waals surface area contributed by atoms with Crippen molar-refractivity contribution in [2.75, 3.05) is 13.7 Å². The number of rotatable bonds is 3. The lowest BCUT2D eigenvalue weighted by Gasteiger charge is -2.16. The van der Waals surface area contributed by atoms with Crippen LogP contribution in [-0.4, -0.2) is 29.6 Å². The second-order valence-electron chi connectivity index (χ2n) is 3.16. The lowest BCUT2D eigenvalue weighted by atomic mass is 10.2. The van der Waals surface area contributed by atoms with E-state index in [1.807, 2.05) is 0 Å². The standard InChI is InChI=1S/C10H11Cl2NO2/c1-13(10(15)6-14)5-7-2-3-8(11)9(12)4-7/h2-4,14H,5-6H2,1H3. The molecule has 0 radical (unpaired) electrons. The number of nitrogens with zero attached hydrogens (tertiary/aromatic N) is 1. The van der Waals surface area contributed by atoms with Crippen LogP contribution in [0, 0.1) is 0 Å². The number of hydrogen-bond acceptors (Lipinski definition) is 2. The number of carbonyl (C=O) groups is 1. The predicted octanol–water partition coefficient (Wildman–Crippen LogP) is 1.94. The first-order chi connectivity index (χ1) is 7.04. The van der Waals surface area contributed by atoms with Crippen molar-refractivity contribution in [2.24, 2.45) is 0 Å². The Morgan fingerprint density at radius 3 is 2.60 bits per heavy atom. The van der Waals surface area contributed by atoms with Gasteiger partial charge in [0, 0.05) is 13.6 Å². The van der Waals surface area contributed by atoms with Gasteiger partial charge in [0.1, 0.15) is 6.61 Å². The molecule has 0 fully saturated rings. The maximum atomic E-state index is 11.1. The summed E-state index contributed by atoms with van der Waals surface area (Å²) in [5, 5.41) is 9.58. The molecule has 1 rings (SSSR count). The summed E-state index contributed by atoms with van der Waals surface area (Å²) in [5.74, 6) is -0.332. The molecule has 0 bridgehead atoms. The van der Waals surface area contributed by atoms with Crippen molar-refractivity contribution in [1.29, 1.82) is 0 Å². The summed E-state index contributed by atoms with van der Waals surface area (Å²) in [6.07, 6.45) is 0. The Hall–Kier alpha value is -0.770. The van der Waals surface area contributed by atoms with Crippen molar-refractivity contribution >= 4 is 29.1 Å². The van der Waals surface area contributed by atoms with E-state index in [1.165, 1.54) is 4.90 Å². The zero-order valence-corrected chi connectivity index (χ0v) is 9.72. The summed E-state index contributed by atoms with van der Waals surface area (Å²) in [6, 6.07) is 5.16. The highest BCUT2D eigenvalue weighted by molar-refractivity contribution is 6.42. The van der Waals surface area contributed by atoms with Crippen LogP contribution in [0.5, 0.6) is 0 Å². The summed E-state index contributed by atoms with van der Waals surface area (Å²) >= 11 is 11.6. The van der Waals surface area contributed by atoms with E-state index in [-0.39, 0.29) is 5.91 Å². The fourth-order valence-electron chi connectivity index (χ4n) is 1.12. The maximum Gasteiger partial charge on any atom is 0.248 e. The highest BCUT2D eigenvalue weighted by atomic mass is 35.5. The Morgan fingerprint density at radius 2 is 2.07 bits per heavy atom. The number of carbonyl (C=O) groups excluding carboxylic acids is 1. The van der Waals surface area contributed by atoms with Crippen molar-refractivity contribution in [3.8, 4) is 0 Å². The molecule has 3 nitrogen and oxygen atoms in total. The van der Waals surface area contributed by atoms with Gasteiger partial charge in [-0.3, -0.25) is 4.79 Å². The summed E-state index contributed by atoms with van der Waals surface area (Å²) in [5.41, 5.74) is 0.869. The van der Waals surface area contributed by atoms with Gasteiger partial charge in [-0.05, 0) is 17.7 Å². The molecule has 0 heterocycles. The van der Waals surface area contributed by atoms with Crippen LogP contribution in [0.3, 0.4) is 0 Å². The van der Waals surface area contributed by atoms with E-state index < -0.39 is 6.61 Å². The molecule has 0 aliphatic carbocycles. The molecule has 1 aromatic rings. The molecule has 0 aromatic heterocycles. The fraction of sp³-hybridized carbons (Fsp3) is 0.300. The number of likely N-dealkylation sites (N-methyl/N-ethyl adjacent to an activating group) is 1. The summed E-state index contributed by atoms with van der Waals surface area (Å²) in [7, 11) is 1.61. The molecule has 0 unspecified atom stereocenters. The van der Waals surface area contributed by atoms with Crippen LogP contribution < -0.4 is 0 Å². The van der Waals surface area contributed by atoms with E-state index in [9.17, 15) is 4.79 Å². The van der Waals surface area contributed by atoms with E-state index in [4.69, 9.17) is 28.3 Å². The summed E-state index contributed by atoms with van der Waals surface area (Å²) in [4.78, 5) is 12.5. The van der Waals surface area contributed by atoms with Gasteiger partial charge in [-0.2, -0.15) is 0 Å². The van der Waals surface area contributed by atoms with Crippen molar-refractivity contribution in [3.63, 3.8) is 0 Å². The van der Waals surface area contributed by atoms with Crippen LogP contribution in [0.15, 0.2) is 18.2 Å². The Balaban J connectivity index is 2.73. The van der Waals surface area contributed by atoms with Crippen LogP contribution in [0.2, 0.25) is 10.0 Å².